The Balaban J connectivity index is 2.22. The molecule has 0 aliphatic rings. The molecule has 0 aliphatic carbocycles. The number of rotatable bonds is 4. The molecule has 0 aromatic carbocycles. The van der Waals surface area contributed by atoms with Gasteiger partial charge in [0, 0.05) is 11.6 Å². The molecule has 0 saturated carbocycles. The van der Waals surface area contributed by atoms with Crippen molar-refractivity contribution in [1.29, 1.82) is 0 Å². The van der Waals surface area contributed by atoms with Crippen LogP contribution in [0.25, 0.3) is 0 Å². The van der Waals surface area contributed by atoms with E-state index in [9.17, 15) is 4.79 Å². The summed E-state index contributed by atoms with van der Waals surface area (Å²) >= 11 is 2.94. The van der Waals surface area contributed by atoms with Crippen molar-refractivity contribution in [3.05, 3.63) is 11.6 Å². The molecule has 3 nitrogen and oxygen atoms in total. The predicted octanol–water partition coefficient (Wildman–Crippen LogP) is 1.80. The van der Waals surface area contributed by atoms with Crippen molar-refractivity contribution in [2.24, 2.45) is 0 Å². The lowest BCUT2D eigenvalue weighted by Crippen LogP contribution is -2.06. The van der Waals surface area contributed by atoms with Gasteiger partial charge in [-0.25, -0.2) is 4.98 Å². The van der Waals surface area contributed by atoms with Gasteiger partial charge in [0.05, 0.1) is 12.4 Å². The van der Waals surface area contributed by atoms with Gasteiger partial charge in [0.1, 0.15) is 4.34 Å². The Morgan fingerprint density at radius 2 is 2.67 bits per heavy atom. The highest BCUT2D eigenvalue weighted by atomic mass is 32.2. The fourth-order valence-electron chi connectivity index (χ4n) is 0.605. The van der Waals surface area contributed by atoms with Crippen molar-refractivity contribution in [2.45, 2.75) is 11.3 Å². The number of thioether (sulfide) groups is 1. The summed E-state index contributed by atoms with van der Waals surface area (Å²) in [5, 5.41) is 1.88. The summed E-state index contributed by atoms with van der Waals surface area (Å²) in [4.78, 5) is 14.9. The number of nitrogens with zero attached hydrogens (tertiary/aromatic N) is 1. The van der Waals surface area contributed by atoms with Crippen LogP contribution in [0.2, 0.25) is 0 Å². The van der Waals surface area contributed by atoms with Crippen LogP contribution in [0.4, 0.5) is 0 Å². The summed E-state index contributed by atoms with van der Waals surface area (Å²) in [5.74, 6) is 0.166. The maximum absolute atomic E-state index is 10.9. The quantitative estimate of drug-likeness (QED) is 0.552. The molecule has 0 fully saturated rings. The minimum atomic E-state index is -0.183. The molecule has 0 radical (unpaired) electrons. The van der Waals surface area contributed by atoms with E-state index in [1.54, 1.807) is 13.1 Å². The zero-order valence-corrected chi connectivity index (χ0v) is 8.28. The summed E-state index contributed by atoms with van der Waals surface area (Å²) in [5.41, 5.74) is 0. The minimum Gasteiger partial charge on any atom is -0.465 e. The molecule has 0 amide bonds. The number of hydrogen-bond donors (Lipinski definition) is 0. The number of aromatic nitrogens is 1. The van der Waals surface area contributed by atoms with E-state index in [0.717, 1.165) is 4.34 Å². The second-order valence-electron chi connectivity index (χ2n) is 1.89. The number of carbonyl (C=O) groups is 1. The number of thiazole rings is 1. The van der Waals surface area contributed by atoms with Crippen molar-refractivity contribution in [3.63, 3.8) is 0 Å². The molecule has 0 unspecified atom stereocenters. The molecule has 0 atom stereocenters. The zero-order valence-electron chi connectivity index (χ0n) is 6.65. The average molecular weight is 203 g/mol. The van der Waals surface area contributed by atoms with Gasteiger partial charge >= 0.3 is 5.97 Å². The van der Waals surface area contributed by atoms with Gasteiger partial charge < -0.3 is 4.74 Å². The average Bonchev–Trinajstić information content (AvgIpc) is 2.53. The highest BCUT2D eigenvalue weighted by Gasteiger charge is 2.03. The molecule has 5 heteroatoms. The van der Waals surface area contributed by atoms with E-state index in [0.29, 0.717) is 12.4 Å². The smallest absolute Gasteiger partial charge is 0.316 e. The van der Waals surface area contributed by atoms with E-state index >= 15 is 0 Å². The van der Waals surface area contributed by atoms with Gasteiger partial charge in [0.25, 0.3) is 0 Å². The first-order chi connectivity index (χ1) is 5.83. The Labute approximate surface area is 79.1 Å². The molecule has 0 aliphatic heterocycles. The Bertz CT molecular complexity index is 236. The fraction of sp³-hybridized carbons (Fsp3) is 0.429. The van der Waals surface area contributed by atoms with Crippen LogP contribution >= 0.6 is 23.1 Å². The van der Waals surface area contributed by atoms with Crippen molar-refractivity contribution < 1.29 is 9.53 Å². The van der Waals surface area contributed by atoms with Crippen molar-refractivity contribution >= 4 is 29.1 Å². The van der Waals surface area contributed by atoms with Crippen LogP contribution in [-0.4, -0.2) is 23.3 Å². The van der Waals surface area contributed by atoms with Crippen LogP contribution in [0.3, 0.4) is 0 Å². The fourth-order valence-corrected chi connectivity index (χ4v) is 2.04. The monoisotopic (exact) mass is 203 g/mol. The van der Waals surface area contributed by atoms with Gasteiger partial charge in [-0.1, -0.05) is 11.8 Å². The lowest BCUT2D eigenvalue weighted by Gasteiger charge is -1.98. The van der Waals surface area contributed by atoms with Crippen LogP contribution in [-0.2, 0) is 9.53 Å². The third-order valence-corrected chi connectivity index (χ3v) is 2.97. The van der Waals surface area contributed by atoms with E-state index in [1.165, 1.54) is 23.1 Å². The van der Waals surface area contributed by atoms with E-state index in [1.807, 2.05) is 5.38 Å². The summed E-state index contributed by atoms with van der Waals surface area (Å²) in [6.07, 6.45) is 1.72. The lowest BCUT2D eigenvalue weighted by molar-refractivity contribution is -0.139. The Morgan fingerprint density at radius 1 is 1.83 bits per heavy atom. The lowest BCUT2D eigenvalue weighted by atomic mass is 10.8. The highest BCUT2D eigenvalue weighted by Crippen LogP contribution is 2.19. The van der Waals surface area contributed by atoms with Gasteiger partial charge in [0.2, 0.25) is 0 Å². The van der Waals surface area contributed by atoms with Gasteiger partial charge in [-0.3, -0.25) is 4.79 Å². The standard InChI is InChI=1S/C7H9NO2S2/c1-2-10-6(9)5-12-7-8-3-4-11-7/h3-4H,2,5H2,1H3. The molecule has 0 saturated heterocycles. The Hall–Kier alpha value is -0.550. The van der Waals surface area contributed by atoms with E-state index < -0.39 is 0 Å². The SMILES string of the molecule is CCOC(=O)CSc1nccs1. The van der Waals surface area contributed by atoms with Gasteiger partial charge in [-0.05, 0) is 6.92 Å². The molecule has 66 valence electrons. The summed E-state index contributed by atoms with van der Waals surface area (Å²) in [6.45, 7) is 2.24. The molecular weight excluding hydrogens is 194 g/mol. The maximum atomic E-state index is 10.9. The molecule has 0 spiro atoms. The summed E-state index contributed by atoms with van der Waals surface area (Å²) in [6, 6.07) is 0. The summed E-state index contributed by atoms with van der Waals surface area (Å²) < 4.78 is 5.66. The van der Waals surface area contributed by atoms with Crippen molar-refractivity contribution in [2.75, 3.05) is 12.4 Å². The van der Waals surface area contributed by atoms with E-state index in [-0.39, 0.29) is 5.97 Å². The first kappa shape index (κ1) is 9.54. The van der Waals surface area contributed by atoms with Crippen LogP contribution < -0.4 is 0 Å². The second kappa shape index (κ2) is 5.16. The first-order valence-corrected chi connectivity index (χ1v) is 5.37. The minimum absolute atomic E-state index is 0.183. The third kappa shape index (κ3) is 3.23. The molecule has 12 heavy (non-hydrogen) atoms. The van der Waals surface area contributed by atoms with Gasteiger partial charge in [-0.15, -0.1) is 11.3 Å². The van der Waals surface area contributed by atoms with Crippen LogP contribution in [0.5, 0.6) is 0 Å². The number of ether oxygens (including phenoxy) is 1. The maximum Gasteiger partial charge on any atom is 0.316 e. The van der Waals surface area contributed by atoms with Crippen molar-refractivity contribution in [1.82, 2.24) is 4.98 Å². The molecule has 1 heterocycles. The van der Waals surface area contributed by atoms with Crippen molar-refractivity contribution in [3.8, 4) is 0 Å². The predicted molar refractivity (Wildman–Crippen MR) is 49.5 cm³/mol. The van der Waals surface area contributed by atoms with Gasteiger partial charge in [0.15, 0.2) is 0 Å². The normalized spacial score (nSPS) is 9.75. The summed E-state index contributed by atoms with van der Waals surface area (Å²) in [7, 11) is 0. The van der Waals surface area contributed by atoms with Gasteiger partial charge in [-0.2, -0.15) is 0 Å². The Kier molecular flexibility index (Phi) is 4.10. The molecule has 1 aromatic heterocycles. The second-order valence-corrected chi connectivity index (χ2v) is 4.01. The molecule has 0 bridgehead atoms. The Morgan fingerprint density at radius 3 is 3.25 bits per heavy atom. The zero-order chi connectivity index (χ0) is 8.81. The molecule has 1 rings (SSSR count). The van der Waals surface area contributed by atoms with Crippen LogP contribution in [0.1, 0.15) is 6.92 Å². The molecule has 0 N–H and O–H groups in total. The van der Waals surface area contributed by atoms with Crippen LogP contribution in [0, 0.1) is 0 Å². The highest BCUT2D eigenvalue weighted by molar-refractivity contribution is 8.01. The first-order valence-electron chi connectivity index (χ1n) is 3.51. The van der Waals surface area contributed by atoms with Crippen LogP contribution in [0.15, 0.2) is 15.9 Å². The number of hydrogen-bond acceptors (Lipinski definition) is 5. The molecular formula is C7H9NO2S2. The molecule has 1 aromatic rings. The number of carbonyl (C=O) groups excluding carboxylic acids is 1. The largest absolute Gasteiger partial charge is 0.465 e. The van der Waals surface area contributed by atoms with E-state index in [4.69, 9.17) is 4.74 Å². The van der Waals surface area contributed by atoms with E-state index in [2.05, 4.69) is 4.98 Å². The topological polar surface area (TPSA) is 39.2 Å². The number of esters is 1. The third-order valence-electron chi connectivity index (χ3n) is 1.03.